The normalized spacial score (nSPS) is 10.4. The lowest BCUT2D eigenvalue weighted by atomic mass is 10.0. The van der Waals surface area contributed by atoms with Crippen molar-refractivity contribution in [3.05, 3.63) is 69.8 Å². The maximum atomic E-state index is 11.0. The molecule has 0 saturated carbocycles. The van der Waals surface area contributed by atoms with Crippen LogP contribution < -0.4 is 4.74 Å². The molecule has 25 heavy (non-hydrogen) atoms. The first-order chi connectivity index (χ1) is 11.9. The summed E-state index contributed by atoms with van der Waals surface area (Å²) in [7, 11) is 1.56. The van der Waals surface area contributed by atoms with Crippen LogP contribution in [0.5, 0.6) is 5.75 Å². The van der Waals surface area contributed by atoms with Crippen LogP contribution in [0, 0.1) is 10.1 Å². The van der Waals surface area contributed by atoms with Crippen molar-refractivity contribution in [2.75, 3.05) is 7.11 Å². The molecular weight excluding hydrogens is 328 g/mol. The van der Waals surface area contributed by atoms with Crippen LogP contribution in [0.2, 0.25) is 0 Å². The predicted octanol–water partition coefficient (Wildman–Crippen LogP) is 3.12. The fourth-order valence-electron chi connectivity index (χ4n) is 2.00. The molecule has 0 aliphatic rings. The SMILES string of the molecule is CC(=O)O.COc1ccc(/C(Cc2ccccc2[N+](=O)[O-])=N\O)cc1. The van der Waals surface area contributed by atoms with E-state index in [4.69, 9.17) is 14.6 Å². The molecule has 2 N–H and O–H groups in total. The zero-order valence-electron chi connectivity index (χ0n) is 13.7. The number of para-hydroxylation sites is 1. The molecule has 0 heterocycles. The Bertz CT molecular complexity index is 752. The lowest BCUT2D eigenvalue weighted by molar-refractivity contribution is -0.385. The van der Waals surface area contributed by atoms with E-state index in [0.29, 0.717) is 22.6 Å². The summed E-state index contributed by atoms with van der Waals surface area (Å²) in [5.74, 6) is -0.151. The quantitative estimate of drug-likeness (QED) is 0.371. The van der Waals surface area contributed by atoms with E-state index in [0.717, 1.165) is 6.92 Å². The first kappa shape index (κ1) is 19.6. The second kappa shape index (κ2) is 9.66. The van der Waals surface area contributed by atoms with Gasteiger partial charge in [-0.1, -0.05) is 23.4 Å². The number of nitrogens with zero attached hydrogens (tertiary/aromatic N) is 2. The van der Waals surface area contributed by atoms with Gasteiger partial charge in [0, 0.05) is 25.0 Å². The molecule has 0 bridgehead atoms. The van der Waals surface area contributed by atoms with Crippen LogP contribution in [-0.4, -0.2) is 34.0 Å². The first-order valence-corrected chi connectivity index (χ1v) is 7.16. The Hall–Kier alpha value is -3.42. The van der Waals surface area contributed by atoms with Crippen molar-refractivity contribution in [3.8, 4) is 5.75 Å². The molecule has 0 saturated heterocycles. The number of carboxylic acids is 1. The third-order valence-corrected chi connectivity index (χ3v) is 3.09. The van der Waals surface area contributed by atoms with Gasteiger partial charge in [-0.3, -0.25) is 14.9 Å². The molecule has 8 nitrogen and oxygen atoms in total. The number of rotatable bonds is 5. The van der Waals surface area contributed by atoms with E-state index >= 15 is 0 Å². The molecule has 0 spiro atoms. The van der Waals surface area contributed by atoms with Crippen LogP contribution in [0.25, 0.3) is 0 Å². The Kier molecular flexibility index (Phi) is 7.58. The molecular formula is C17H18N2O6. The Balaban J connectivity index is 0.000000705. The van der Waals surface area contributed by atoms with Crippen LogP contribution >= 0.6 is 0 Å². The number of aliphatic carboxylic acids is 1. The van der Waals surface area contributed by atoms with Gasteiger partial charge in [-0.25, -0.2) is 0 Å². The highest BCUT2D eigenvalue weighted by Gasteiger charge is 2.15. The zero-order chi connectivity index (χ0) is 18.8. The van der Waals surface area contributed by atoms with Gasteiger partial charge in [0.1, 0.15) is 5.75 Å². The Morgan fingerprint density at radius 2 is 1.76 bits per heavy atom. The van der Waals surface area contributed by atoms with Crippen molar-refractivity contribution in [2.24, 2.45) is 5.16 Å². The lowest BCUT2D eigenvalue weighted by Gasteiger charge is -2.07. The van der Waals surface area contributed by atoms with Crippen molar-refractivity contribution in [2.45, 2.75) is 13.3 Å². The lowest BCUT2D eigenvalue weighted by Crippen LogP contribution is -2.07. The van der Waals surface area contributed by atoms with Gasteiger partial charge in [0.05, 0.1) is 17.7 Å². The molecule has 2 rings (SSSR count). The second-order valence-corrected chi connectivity index (χ2v) is 4.86. The van der Waals surface area contributed by atoms with E-state index in [1.165, 1.54) is 6.07 Å². The Morgan fingerprint density at radius 1 is 1.20 bits per heavy atom. The van der Waals surface area contributed by atoms with E-state index in [1.54, 1.807) is 49.6 Å². The number of nitro benzene ring substituents is 1. The summed E-state index contributed by atoms with van der Waals surface area (Å²) in [6.07, 6.45) is 0.167. The summed E-state index contributed by atoms with van der Waals surface area (Å²) in [5, 5.41) is 30.9. The predicted molar refractivity (Wildman–Crippen MR) is 91.4 cm³/mol. The topological polar surface area (TPSA) is 122 Å². The molecule has 8 heteroatoms. The molecule has 2 aromatic carbocycles. The van der Waals surface area contributed by atoms with Crippen LogP contribution in [0.3, 0.4) is 0 Å². The molecule has 0 fully saturated rings. The van der Waals surface area contributed by atoms with E-state index in [1.807, 2.05) is 0 Å². The fraction of sp³-hybridized carbons (Fsp3) is 0.176. The standard InChI is InChI=1S/C15H14N2O4.C2H4O2/c1-21-13-8-6-11(7-9-13)14(16-18)10-12-4-2-3-5-15(12)17(19)20;1-2(3)4/h2-9,18H,10H2,1H3;1H3,(H,3,4)/b16-14-;. The van der Waals surface area contributed by atoms with Gasteiger partial charge in [0.15, 0.2) is 0 Å². The van der Waals surface area contributed by atoms with Crippen LogP contribution in [-0.2, 0) is 11.2 Å². The highest BCUT2D eigenvalue weighted by Crippen LogP contribution is 2.21. The molecule has 0 radical (unpaired) electrons. The van der Waals surface area contributed by atoms with Crippen molar-refractivity contribution < 1.29 is 24.8 Å². The van der Waals surface area contributed by atoms with Gasteiger partial charge in [-0.05, 0) is 29.8 Å². The van der Waals surface area contributed by atoms with E-state index in [2.05, 4.69) is 5.16 Å². The molecule has 0 aromatic heterocycles. The molecule has 0 atom stereocenters. The summed E-state index contributed by atoms with van der Waals surface area (Å²) in [5.41, 5.74) is 1.53. The van der Waals surface area contributed by atoms with Crippen molar-refractivity contribution in [1.82, 2.24) is 0 Å². The molecule has 0 unspecified atom stereocenters. The third-order valence-electron chi connectivity index (χ3n) is 3.09. The van der Waals surface area contributed by atoms with Gasteiger partial charge < -0.3 is 15.1 Å². The average Bonchev–Trinajstić information content (AvgIpc) is 2.59. The van der Waals surface area contributed by atoms with Gasteiger partial charge >= 0.3 is 0 Å². The molecule has 2 aromatic rings. The highest BCUT2D eigenvalue weighted by molar-refractivity contribution is 6.02. The minimum atomic E-state index is -0.833. The largest absolute Gasteiger partial charge is 0.497 e. The summed E-state index contributed by atoms with van der Waals surface area (Å²) in [4.78, 5) is 19.6. The number of carbonyl (C=O) groups is 1. The van der Waals surface area contributed by atoms with Gasteiger partial charge in [-0.15, -0.1) is 0 Å². The van der Waals surface area contributed by atoms with Gasteiger partial charge in [0.25, 0.3) is 11.7 Å². The maximum Gasteiger partial charge on any atom is 0.300 e. The van der Waals surface area contributed by atoms with Crippen molar-refractivity contribution in [1.29, 1.82) is 0 Å². The molecule has 0 aliphatic carbocycles. The molecule has 0 amide bonds. The fourth-order valence-corrected chi connectivity index (χ4v) is 2.00. The van der Waals surface area contributed by atoms with Crippen LogP contribution in [0.4, 0.5) is 5.69 Å². The highest BCUT2D eigenvalue weighted by atomic mass is 16.6. The number of nitro groups is 1. The van der Waals surface area contributed by atoms with Crippen LogP contribution in [0.1, 0.15) is 18.1 Å². The second-order valence-electron chi connectivity index (χ2n) is 4.86. The van der Waals surface area contributed by atoms with Crippen molar-refractivity contribution in [3.63, 3.8) is 0 Å². The van der Waals surface area contributed by atoms with Gasteiger partial charge in [-0.2, -0.15) is 0 Å². The average molecular weight is 346 g/mol. The van der Waals surface area contributed by atoms with E-state index < -0.39 is 10.9 Å². The minimum Gasteiger partial charge on any atom is -0.497 e. The number of ether oxygens (including phenoxy) is 1. The minimum absolute atomic E-state index is 0.00663. The number of hydrogen-bond acceptors (Lipinski definition) is 6. The Labute approximate surface area is 144 Å². The van der Waals surface area contributed by atoms with Crippen LogP contribution in [0.15, 0.2) is 53.7 Å². The maximum absolute atomic E-state index is 11.0. The molecule has 132 valence electrons. The molecule has 0 aliphatic heterocycles. The number of methoxy groups -OCH3 is 1. The third kappa shape index (κ3) is 6.30. The summed E-state index contributed by atoms with van der Waals surface area (Å²) in [6.45, 7) is 1.08. The Morgan fingerprint density at radius 3 is 2.24 bits per heavy atom. The number of hydrogen-bond donors (Lipinski definition) is 2. The summed E-state index contributed by atoms with van der Waals surface area (Å²) < 4.78 is 5.06. The first-order valence-electron chi connectivity index (χ1n) is 7.16. The summed E-state index contributed by atoms with van der Waals surface area (Å²) in [6, 6.07) is 13.3. The zero-order valence-corrected chi connectivity index (χ0v) is 13.7. The van der Waals surface area contributed by atoms with E-state index in [9.17, 15) is 15.3 Å². The smallest absolute Gasteiger partial charge is 0.300 e. The summed E-state index contributed by atoms with van der Waals surface area (Å²) >= 11 is 0. The number of carboxylic acid groups (broad SMARTS) is 1. The number of benzene rings is 2. The van der Waals surface area contributed by atoms with Gasteiger partial charge in [0.2, 0.25) is 0 Å². The monoisotopic (exact) mass is 346 g/mol. The number of oxime groups is 1. The van der Waals surface area contributed by atoms with Crippen molar-refractivity contribution >= 4 is 17.4 Å². The van der Waals surface area contributed by atoms with E-state index in [-0.39, 0.29) is 12.1 Å².